The van der Waals surface area contributed by atoms with Crippen LogP contribution >= 0.6 is 0 Å². The van der Waals surface area contributed by atoms with Crippen molar-refractivity contribution in [3.05, 3.63) is 72.0 Å². The van der Waals surface area contributed by atoms with Crippen molar-refractivity contribution < 1.29 is 18.7 Å². The minimum absolute atomic E-state index is 0.363. The maximum atomic E-state index is 11.5. The molecule has 0 saturated heterocycles. The molecule has 0 aliphatic rings. The number of furan rings is 1. The number of nitrogens with zero attached hydrogens (tertiary/aromatic N) is 1. The summed E-state index contributed by atoms with van der Waals surface area (Å²) in [6.07, 6.45) is 1.66. The second-order valence-electron chi connectivity index (χ2n) is 5.23. The third kappa shape index (κ3) is 3.95. The fraction of sp³-hybridized carbons (Fsp3) is 0.100. The van der Waals surface area contributed by atoms with Crippen molar-refractivity contribution in [2.24, 2.45) is 4.99 Å². The third-order valence-corrected chi connectivity index (χ3v) is 3.63. The normalized spacial score (nSPS) is 10.8. The molecular formula is C20H17NO4. The van der Waals surface area contributed by atoms with Crippen molar-refractivity contribution in [2.75, 3.05) is 14.2 Å². The smallest absolute Gasteiger partial charge is 0.337 e. The lowest BCUT2D eigenvalue weighted by Gasteiger charge is -2.00. The van der Waals surface area contributed by atoms with Crippen LogP contribution in [0.3, 0.4) is 0 Å². The quantitative estimate of drug-likeness (QED) is 0.509. The summed E-state index contributed by atoms with van der Waals surface area (Å²) in [5, 5.41) is 0. The van der Waals surface area contributed by atoms with Crippen molar-refractivity contribution in [3.8, 4) is 17.1 Å². The Kier molecular flexibility index (Phi) is 4.95. The molecule has 0 radical (unpaired) electrons. The van der Waals surface area contributed by atoms with Crippen LogP contribution in [0.1, 0.15) is 16.1 Å². The predicted octanol–water partition coefficient (Wildman–Crippen LogP) is 4.49. The first kappa shape index (κ1) is 16.5. The van der Waals surface area contributed by atoms with E-state index in [1.807, 2.05) is 48.5 Å². The van der Waals surface area contributed by atoms with Gasteiger partial charge in [-0.25, -0.2) is 4.79 Å². The summed E-state index contributed by atoms with van der Waals surface area (Å²) in [5.41, 5.74) is 2.18. The largest absolute Gasteiger partial charge is 0.497 e. The molecule has 25 heavy (non-hydrogen) atoms. The number of ether oxygens (including phenoxy) is 2. The molecule has 0 spiro atoms. The lowest BCUT2D eigenvalue weighted by molar-refractivity contribution is 0.0600. The van der Waals surface area contributed by atoms with Gasteiger partial charge in [-0.15, -0.1) is 0 Å². The Morgan fingerprint density at radius 2 is 1.68 bits per heavy atom. The van der Waals surface area contributed by atoms with E-state index in [9.17, 15) is 4.79 Å². The number of aliphatic imine (C=N–C) groups is 1. The van der Waals surface area contributed by atoms with E-state index >= 15 is 0 Å². The van der Waals surface area contributed by atoms with Crippen molar-refractivity contribution in [1.82, 2.24) is 0 Å². The number of methoxy groups -OCH3 is 2. The van der Waals surface area contributed by atoms with E-state index in [2.05, 4.69) is 9.73 Å². The highest BCUT2D eigenvalue weighted by Gasteiger charge is 2.07. The van der Waals surface area contributed by atoms with Gasteiger partial charge < -0.3 is 13.9 Å². The Hall–Kier alpha value is -3.34. The number of rotatable bonds is 5. The molecule has 5 nitrogen and oxygen atoms in total. The maximum absolute atomic E-state index is 11.5. The maximum Gasteiger partial charge on any atom is 0.337 e. The summed E-state index contributed by atoms with van der Waals surface area (Å²) < 4.78 is 15.6. The highest BCUT2D eigenvalue weighted by atomic mass is 16.5. The van der Waals surface area contributed by atoms with E-state index in [0.717, 1.165) is 17.0 Å². The second kappa shape index (κ2) is 7.49. The van der Waals surface area contributed by atoms with Crippen LogP contribution in [0.15, 0.2) is 70.1 Å². The van der Waals surface area contributed by atoms with Gasteiger partial charge in [0.05, 0.1) is 31.7 Å². The topological polar surface area (TPSA) is 61.0 Å². The number of carbonyl (C=O) groups is 1. The molecule has 0 amide bonds. The van der Waals surface area contributed by atoms with Crippen molar-refractivity contribution in [1.29, 1.82) is 0 Å². The minimum Gasteiger partial charge on any atom is -0.497 e. The highest BCUT2D eigenvalue weighted by molar-refractivity contribution is 5.89. The summed E-state index contributed by atoms with van der Waals surface area (Å²) in [5.74, 6) is 1.77. The summed E-state index contributed by atoms with van der Waals surface area (Å²) in [6, 6.07) is 18.2. The summed E-state index contributed by atoms with van der Waals surface area (Å²) >= 11 is 0. The zero-order valence-corrected chi connectivity index (χ0v) is 13.9. The van der Waals surface area contributed by atoms with Crippen LogP contribution in [0.25, 0.3) is 11.3 Å². The van der Waals surface area contributed by atoms with E-state index in [-0.39, 0.29) is 5.97 Å². The molecule has 3 rings (SSSR count). The molecule has 2 aromatic carbocycles. The number of hydrogen-bond acceptors (Lipinski definition) is 5. The van der Waals surface area contributed by atoms with Crippen LogP contribution < -0.4 is 4.74 Å². The van der Waals surface area contributed by atoms with Crippen LogP contribution in [0.4, 0.5) is 5.69 Å². The zero-order chi connectivity index (χ0) is 17.6. The summed E-state index contributed by atoms with van der Waals surface area (Å²) in [7, 11) is 2.98. The molecule has 0 aliphatic heterocycles. The molecule has 0 fully saturated rings. The molecule has 3 aromatic rings. The minimum atomic E-state index is -0.363. The Morgan fingerprint density at radius 3 is 2.32 bits per heavy atom. The highest BCUT2D eigenvalue weighted by Crippen LogP contribution is 2.23. The number of carbonyl (C=O) groups excluding carboxylic acids is 1. The molecule has 0 bridgehead atoms. The van der Waals surface area contributed by atoms with Gasteiger partial charge in [0.1, 0.15) is 17.3 Å². The van der Waals surface area contributed by atoms with E-state index < -0.39 is 0 Å². The lowest BCUT2D eigenvalue weighted by atomic mass is 10.1. The van der Waals surface area contributed by atoms with Gasteiger partial charge in [-0.2, -0.15) is 0 Å². The first-order chi connectivity index (χ1) is 12.2. The van der Waals surface area contributed by atoms with Gasteiger partial charge >= 0.3 is 5.97 Å². The van der Waals surface area contributed by atoms with Crippen LogP contribution in [0.2, 0.25) is 0 Å². The Labute approximate surface area is 145 Å². The molecule has 1 aromatic heterocycles. The van der Waals surface area contributed by atoms with E-state index in [1.54, 1.807) is 25.5 Å². The van der Waals surface area contributed by atoms with Crippen molar-refractivity contribution in [3.63, 3.8) is 0 Å². The SMILES string of the molecule is COC(=O)c1ccc(-c2ccc(C=Nc3ccc(OC)cc3)o2)cc1. The van der Waals surface area contributed by atoms with Crippen LogP contribution in [-0.4, -0.2) is 26.4 Å². The van der Waals surface area contributed by atoms with E-state index in [0.29, 0.717) is 17.1 Å². The van der Waals surface area contributed by atoms with Crippen LogP contribution in [-0.2, 0) is 4.74 Å². The standard InChI is InChI=1S/C20H17NO4/c1-23-17-9-7-16(8-10-17)21-13-18-11-12-19(25-18)14-3-5-15(6-4-14)20(22)24-2/h3-13H,1-2H3. The van der Waals surface area contributed by atoms with Gasteiger partial charge in [-0.05, 0) is 48.5 Å². The van der Waals surface area contributed by atoms with Crippen LogP contribution in [0, 0.1) is 0 Å². The molecule has 0 N–H and O–H groups in total. The van der Waals surface area contributed by atoms with Gasteiger partial charge in [0.2, 0.25) is 0 Å². The fourth-order valence-corrected chi connectivity index (χ4v) is 2.27. The van der Waals surface area contributed by atoms with E-state index in [1.165, 1.54) is 7.11 Å². The Balaban J connectivity index is 1.73. The predicted molar refractivity (Wildman–Crippen MR) is 95.7 cm³/mol. The van der Waals surface area contributed by atoms with Gasteiger partial charge in [-0.1, -0.05) is 12.1 Å². The van der Waals surface area contributed by atoms with Gasteiger partial charge in [0.15, 0.2) is 0 Å². The molecule has 0 aliphatic carbocycles. The zero-order valence-electron chi connectivity index (χ0n) is 13.9. The average molecular weight is 335 g/mol. The third-order valence-electron chi connectivity index (χ3n) is 3.63. The van der Waals surface area contributed by atoms with E-state index in [4.69, 9.17) is 9.15 Å². The lowest BCUT2D eigenvalue weighted by Crippen LogP contribution is -2.00. The van der Waals surface area contributed by atoms with Gasteiger partial charge in [-0.3, -0.25) is 4.99 Å². The molecule has 0 unspecified atom stereocenters. The molecule has 1 heterocycles. The second-order valence-corrected chi connectivity index (χ2v) is 5.23. The monoisotopic (exact) mass is 335 g/mol. The number of hydrogen-bond donors (Lipinski definition) is 0. The Bertz CT molecular complexity index is 877. The molecule has 0 saturated carbocycles. The first-order valence-corrected chi connectivity index (χ1v) is 7.66. The fourth-order valence-electron chi connectivity index (χ4n) is 2.27. The Morgan fingerprint density at radius 1 is 0.960 bits per heavy atom. The molecule has 0 atom stereocenters. The van der Waals surface area contributed by atoms with Crippen molar-refractivity contribution >= 4 is 17.9 Å². The summed E-state index contributed by atoms with van der Waals surface area (Å²) in [6.45, 7) is 0. The number of esters is 1. The van der Waals surface area contributed by atoms with Crippen molar-refractivity contribution in [2.45, 2.75) is 0 Å². The average Bonchev–Trinajstić information content (AvgIpc) is 3.15. The van der Waals surface area contributed by atoms with Gasteiger partial charge in [0.25, 0.3) is 0 Å². The molecule has 126 valence electrons. The first-order valence-electron chi connectivity index (χ1n) is 7.66. The van der Waals surface area contributed by atoms with Gasteiger partial charge in [0, 0.05) is 5.56 Å². The molecule has 5 heteroatoms. The molecular weight excluding hydrogens is 318 g/mol. The number of benzene rings is 2. The summed E-state index contributed by atoms with van der Waals surface area (Å²) in [4.78, 5) is 15.8. The van der Waals surface area contributed by atoms with Crippen LogP contribution in [0.5, 0.6) is 5.75 Å².